The van der Waals surface area contributed by atoms with Crippen molar-refractivity contribution >= 4 is 23.2 Å². The molecule has 1 N–H and O–H groups in total. The summed E-state index contributed by atoms with van der Waals surface area (Å²) in [5.74, 6) is -1.10. The summed E-state index contributed by atoms with van der Waals surface area (Å²) in [6.07, 6.45) is 4.12. The lowest BCUT2D eigenvalue weighted by Gasteiger charge is -2.22. The first-order valence-corrected chi connectivity index (χ1v) is 8.91. The van der Waals surface area contributed by atoms with Crippen LogP contribution in [-0.4, -0.2) is 17.9 Å². The maximum atomic E-state index is 12.6. The predicted octanol–water partition coefficient (Wildman–Crippen LogP) is 3.95. The van der Waals surface area contributed by atoms with E-state index in [1.165, 1.54) is 5.56 Å². The van der Waals surface area contributed by atoms with Gasteiger partial charge in [-0.2, -0.15) is 0 Å². The van der Waals surface area contributed by atoms with Crippen molar-refractivity contribution < 1.29 is 9.59 Å². The monoisotopic (exact) mass is 336 g/mol. The van der Waals surface area contributed by atoms with Crippen molar-refractivity contribution in [3.05, 3.63) is 59.7 Å². The van der Waals surface area contributed by atoms with Crippen molar-refractivity contribution in [3.8, 4) is 0 Å². The predicted molar refractivity (Wildman–Crippen MR) is 101 cm³/mol. The SMILES string of the molecule is CCCCc1ccc(NC(=O)C(=O)N2c3ccccc3CC2C)cc1. The fourth-order valence-electron chi connectivity index (χ4n) is 3.30. The first-order chi connectivity index (χ1) is 12.1. The molecule has 1 atom stereocenters. The smallest absolute Gasteiger partial charge is 0.316 e. The lowest BCUT2D eigenvalue weighted by Crippen LogP contribution is -2.43. The van der Waals surface area contributed by atoms with Gasteiger partial charge < -0.3 is 10.2 Å². The summed E-state index contributed by atoms with van der Waals surface area (Å²) in [7, 11) is 0. The van der Waals surface area contributed by atoms with E-state index in [0.717, 1.165) is 36.9 Å². The lowest BCUT2D eigenvalue weighted by molar-refractivity contribution is -0.134. The zero-order valence-electron chi connectivity index (χ0n) is 14.8. The highest BCUT2D eigenvalue weighted by Gasteiger charge is 2.34. The number of hydrogen-bond donors (Lipinski definition) is 1. The molecule has 3 rings (SSSR count). The molecule has 1 heterocycles. The van der Waals surface area contributed by atoms with E-state index >= 15 is 0 Å². The molecule has 2 aromatic rings. The highest BCUT2D eigenvalue weighted by molar-refractivity contribution is 6.44. The Hall–Kier alpha value is -2.62. The van der Waals surface area contributed by atoms with Crippen LogP contribution in [0.25, 0.3) is 0 Å². The second kappa shape index (κ2) is 7.51. The average Bonchev–Trinajstić information content (AvgIpc) is 2.96. The molecular formula is C21H24N2O2. The highest BCUT2D eigenvalue weighted by Crippen LogP contribution is 2.31. The molecule has 0 bridgehead atoms. The van der Waals surface area contributed by atoms with E-state index in [2.05, 4.69) is 12.2 Å². The van der Waals surface area contributed by atoms with Gasteiger partial charge in [0.1, 0.15) is 0 Å². The van der Waals surface area contributed by atoms with Crippen LogP contribution in [0.1, 0.15) is 37.8 Å². The van der Waals surface area contributed by atoms with Gasteiger partial charge >= 0.3 is 11.8 Å². The summed E-state index contributed by atoms with van der Waals surface area (Å²) >= 11 is 0. The van der Waals surface area contributed by atoms with Crippen LogP contribution in [0.4, 0.5) is 11.4 Å². The van der Waals surface area contributed by atoms with E-state index in [4.69, 9.17) is 0 Å². The molecule has 0 spiro atoms. The third-order valence-electron chi connectivity index (χ3n) is 4.65. The Labute approximate surface area is 148 Å². The number of benzene rings is 2. The van der Waals surface area contributed by atoms with E-state index in [1.54, 1.807) is 4.90 Å². The Morgan fingerprint density at radius 1 is 1.12 bits per heavy atom. The molecule has 1 unspecified atom stereocenters. The zero-order valence-corrected chi connectivity index (χ0v) is 14.8. The van der Waals surface area contributed by atoms with Gasteiger partial charge in [0.25, 0.3) is 0 Å². The van der Waals surface area contributed by atoms with Crippen LogP contribution >= 0.6 is 0 Å². The van der Waals surface area contributed by atoms with Crippen molar-refractivity contribution in [2.75, 3.05) is 10.2 Å². The van der Waals surface area contributed by atoms with Gasteiger partial charge in [0.2, 0.25) is 0 Å². The molecule has 0 radical (unpaired) electrons. The van der Waals surface area contributed by atoms with E-state index in [0.29, 0.717) is 5.69 Å². The minimum absolute atomic E-state index is 0.00734. The van der Waals surface area contributed by atoms with Crippen LogP contribution in [0.15, 0.2) is 48.5 Å². The van der Waals surface area contributed by atoms with Crippen LogP contribution in [-0.2, 0) is 22.4 Å². The summed E-state index contributed by atoms with van der Waals surface area (Å²) in [5.41, 5.74) is 3.84. The number of hydrogen-bond acceptors (Lipinski definition) is 2. The molecule has 2 amide bonds. The van der Waals surface area contributed by atoms with Gasteiger partial charge in [-0.25, -0.2) is 0 Å². The van der Waals surface area contributed by atoms with E-state index < -0.39 is 11.8 Å². The fourth-order valence-corrected chi connectivity index (χ4v) is 3.30. The van der Waals surface area contributed by atoms with Crippen LogP contribution in [0.2, 0.25) is 0 Å². The number of amides is 2. The number of aryl methyl sites for hydroxylation is 1. The van der Waals surface area contributed by atoms with Crippen LogP contribution < -0.4 is 10.2 Å². The highest BCUT2D eigenvalue weighted by atomic mass is 16.2. The summed E-state index contributed by atoms with van der Waals surface area (Å²) in [6, 6.07) is 15.5. The molecule has 4 nitrogen and oxygen atoms in total. The zero-order chi connectivity index (χ0) is 17.8. The van der Waals surface area contributed by atoms with E-state index in [1.807, 2.05) is 55.5 Å². The average molecular weight is 336 g/mol. The topological polar surface area (TPSA) is 49.4 Å². The van der Waals surface area contributed by atoms with Gasteiger partial charge in [0.05, 0.1) is 0 Å². The van der Waals surface area contributed by atoms with Crippen molar-refractivity contribution in [1.29, 1.82) is 0 Å². The minimum Gasteiger partial charge on any atom is -0.318 e. The maximum Gasteiger partial charge on any atom is 0.316 e. The van der Waals surface area contributed by atoms with Gasteiger partial charge in [0, 0.05) is 17.4 Å². The minimum atomic E-state index is -0.593. The third-order valence-corrected chi connectivity index (χ3v) is 4.65. The largest absolute Gasteiger partial charge is 0.318 e. The van der Waals surface area contributed by atoms with Crippen LogP contribution in [0, 0.1) is 0 Å². The molecule has 130 valence electrons. The van der Waals surface area contributed by atoms with Gasteiger partial charge in [-0.05, 0) is 55.5 Å². The molecule has 4 heteroatoms. The second-order valence-corrected chi connectivity index (χ2v) is 6.61. The molecular weight excluding hydrogens is 312 g/mol. The molecule has 0 aromatic heterocycles. The first kappa shape index (κ1) is 17.2. The molecule has 2 aromatic carbocycles. The van der Waals surface area contributed by atoms with Gasteiger partial charge in [0.15, 0.2) is 0 Å². The van der Waals surface area contributed by atoms with Crippen molar-refractivity contribution in [2.24, 2.45) is 0 Å². The summed E-state index contributed by atoms with van der Waals surface area (Å²) < 4.78 is 0. The Morgan fingerprint density at radius 3 is 2.56 bits per heavy atom. The number of unbranched alkanes of at least 4 members (excludes halogenated alkanes) is 1. The summed E-state index contributed by atoms with van der Waals surface area (Å²) in [5, 5.41) is 2.72. The van der Waals surface area contributed by atoms with Crippen molar-refractivity contribution in [1.82, 2.24) is 0 Å². The molecule has 1 aliphatic rings. The standard InChI is InChI=1S/C21H24N2O2/c1-3-4-7-16-10-12-18(13-11-16)22-20(24)21(25)23-15(2)14-17-8-5-6-9-19(17)23/h5-6,8-13,15H,3-4,7,14H2,1-2H3,(H,22,24). The molecule has 0 fully saturated rings. The number of carbonyl (C=O) groups excluding carboxylic acids is 2. The van der Waals surface area contributed by atoms with Crippen LogP contribution in [0.5, 0.6) is 0 Å². The normalized spacial score (nSPS) is 15.8. The number of anilines is 2. The van der Waals surface area contributed by atoms with Crippen molar-refractivity contribution in [2.45, 2.75) is 45.6 Å². The fraction of sp³-hybridized carbons (Fsp3) is 0.333. The third kappa shape index (κ3) is 3.73. The number of rotatable bonds is 4. The number of nitrogens with one attached hydrogen (secondary N) is 1. The summed E-state index contributed by atoms with van der Waals surface area (Å²) in [4.78, 5) is 26.7. The second-order valence-electron chi connectivity index (χ2n) is 6.61. The lowest BCUT2D eigenvalue weighted by atomic mass is 10.1. The maximum absolute atomic E-state index is 12.6. The Balaban J connectivity index is 1.68. The molecule has 0 aliphatic carbocycles. The molecule has 25 heavy (non-hydrogen) atoms. The van der Waals surface area contributed by atoms with E-state index in [9.17, 15) is 9.59 Å². The number of carbonyl (C=O) groups is 2. The van der Waals surface area contributed by atoms with Crippen molar-refractivity contribution in [3.63, 3.8) is 0 Å². The number of fused-ring (bicyclic) bond motifs is 1. The number of para-hydroxylation sites is 1. The molecule has 0 saturated heterocycles. The molecule has 1 aliphatic heterocycles. The number of nitrogens with zero attached hydrogens (tertiary/aromatic N) is 1. The first-order valence-electron chi connectivity index (χ1n) is 8.91. The van der Waals surface area contributed by atoms with E-state index in [-0.39, 0.29) is 6.04 Å². The van der Waals surface area contributed by atoms with Gasteiger partial charge in [-0.3, -0.25) is 9.59 Å². The quantitative estimate of drug-likeness (QED) is 0.860. The van der Waals surface area contributed by atoms with Gasteiger partial charge in [-0.1, -0.05) is 43.7 Å². The summed E-state index contributed by atoms with van der Waals surface area (Å²) in [6.45, 7) is 4.13. The van der Waals surface area contributed by atoms with Gasteiger partial charge in [-0.15, -0.1) is 0 Å². The molecule has 0 saturated carbocycles. The Bertz CT molecular complexity index is 768. The van der Waals surface area contributed by atoms with Crippen LogP contribution in [0.3, 0.4) is 0 Å². The Morgan fingerprint density at radius 2 is 1.84 bits per heavy atom. The Kier molecular flexibility index (Phi) is 5.17.